The van der Waals surface area contributed by atoms with Crippen LogP contribution in [0.4, 0.5) is 11.4 Å². The van der Waals surface area contributed by atoms with Crippen LogP contribution in [0.15, 0.2) is 75.4 Å². The molecule has 0 fully saturated rings. The minimum absolute atomic E-state index is 0.00269. The van der Waals surface area contributed by atoms with Gasteiger partial charge < -0.3 is 11.1 Å². The lowest BCUT2D eigenvalue weighted by molar-refractivity contribution is 0.102. The highest BCUT2D eigenvalue weighted by Gasteiger charge is 2.18. The number of nitrogen functional groups attached to an aromatic ring is 1. The van der Waals surface area contributed by atoms with Crippen LogP contribution < -0.4 is 11.1 Å². The molecule has 3 aromatic carbocycles. The summed E-state index contributed by atoms with van der Waals surface area (Å²) in [5.41, 5.74) is 5.69. The summed E-state index contributed by atoms with van der Waals surface area (Å²) in [5, 5.41) is 2.45. The third kappa shape index (κ3) is 6.56. The van der Waals surface area contributed by atoms with E-state index >= 15 is 0 Å². The predicted molar refractivity (Wildman–Crippen MR) is 133 cm³/mol. The molecule has 11 nitrogen and oxygen atoms in total. The van der Waals surface area contributed by atoms with Gasteiger partial charge in [-0.3, -0.25) is 13.9 Å². The van der Waals surface area contributed by atoms with Crippen molar-refractivity contribution in [3.05, 3.63) is 77.4 Å². The zero-order valence-electron chi connectivity index (χ0n) is 18.5. The zero-order valence-corrected chi connectivity index (χ0v) is 20.9. The van der Waals surface area contributed by atoms with E-state index in [0.717, 1.165) is 18.4 Å². The number of nitrogens with one attached hydrogen (secondary N) is 1. The Bertz CT molecular complexity index is 1690. The number of carbonyl (C=O) groups is 1. The van der Waals surface area contributed by atoms with Crippen LogP contribution in [0.3, 0.4) is 0 Å². The maximum absolute atomic E-state index is 12.5. The second-order valence-corrected chi connectivity index (χ2v) is 12.4. The molecule has 0 saturated heterocycles. The molecule has 36 heavy (non-hydrogen) atoms. The van der Waals surface area contributed by atoms with Crippen LogP contribution in [0.25, 0.3) is 12.2 Å². The van der Waals surface area contributed by atoms with Crippen molar-refractivity contribution in [2.24, 2.45) is 0 Å². The van der Waals surface area contributed by atoms with Crippen LogP contribution in [-0.4, -0.2) is 46.5 Å². The third-order valence-electron chi connectivity index (χ3n) is 4.85. The average Bonchev–Trinajstić information content (AvgIpc) is 2.77. The Morgan fingerprint density at radius 1 is 0.778 bits per heavy atom. The molecule has 0 spiro atoms. The molecule has 14 heteroatoms. The van der Waals surface area contributed by atoms with Crippen LogP contribution >= 0.6 is 0 Å². The highest BCUT2D eigenvalue weighted by atomic mass is 32.2. The first-order valence-corrected chi connectivity index (χ1v) is 14.6. The summed E-state index contributed by atoms with van der Waals surface area (Å²) in [5.74, 6) is -0.667. The van der Waals surface area contributed by atoms with Crippen molar-refractivity contribution in [1.82, 2.24) is 0 Å². The largest absolute Gasteiger partial charge is 0.399 e. The number of carbonyl (C=O) groups excluding carboxylic acids is 1. The lowest BCUT2D eigenvalue weighted by atomic mass is 10.1. The maximum atomic E-state index is 12.5. The van der Waals surface area contributed by atoms with E-state index in [9.17, 15) is 39.2 Å². The molecule has 0 aliphatic heterocycles. The van der Waals surface area contributed by atoms with Crippen LogP contribution in [0.5, 0.6) is 0 Å². The Morgan fingerprint density at radius 3 is 1.78 bits per heavy atom. The lowest BCUT2D eigenvalue weighted by Gasteiger charge is -2.10. The number of sulfone groups is 1. The van der Waals surface area contributed by atoms with E-state index < -0.39 is 45.8 Å². The number of anilines is 2. The second-order valence-electron chi connectivity index (χ2n) is 7.58. The minimum atomic E-state index is -4.78. The molecule has 0 bridgehead atoms. The summed E-state index contributed by atoms with van der Waals surface area (Å²) in [6.07, 6.45) is 3.42. The Hall–Kier alpha value is -3.56. The van der Waals surface area contributed by atoms with Gasteiger partial charge in [-0.15, -0.1) is 0 Å². The van der Waals surface area contributed by atoms with E-state index in [2.05, 4.69) is 5.32 Å². The molecular formula is C22H20N2O9S3. The topological polar surface area (TPSA) is 198 Å². The standard InChI is InChI=1S/C22H20N2O9S3/c1-34(26,27)19-10-6-16(7-11-19)22(25)24-18-9-5-15(21(13-18)36(31,32)33)3-2-14-4-8-17(23)12-20(14)35(28,29)30/h2-13H,23H2,1H3,(H,24,25)(H,28,29,30)(H,31,32,33). The minimum Gasteiger partial charge on any atom is -0.399 e. The Kier molecular flexibility index (Phi) is 7.38. The normalized spacial score (nSPS) is 12.5. The quantitative estimate of drug-likeness (QED) is 0.192. The van der Waals surface area contributed by atoms with Crippen molar-refractivity contribution in [2.45, 2.75) is 14.7 Å². The average molecular weight is 553 g/mol. The van der Waals surface area contributed by atoms with Crippen molar-refractivity contribution in [2.75, 3.05) is 17.3 Å². The maximum Gasteiger partial charge on any atom is 0.295 e. The van der Waals surface area contributed by atoms with Crippen molar-refractivity contribution in [3.63, 3.8) is 0 Å². The van der Waals surface area contributed by atoms with Gasteiger partial charge in [0.1, 0.15) is 9.79 Å². The van der Waals surface area contributed by atoms with E-state index in [1.807, 2.05) is 0 Å². The van der Waals surface area contributed by atoms with Gasteiger partial charge in [0.2, 0.25) is 0 Å². The Labute approximate surface area is 207 Å². The summed E-state index contributed by atoms with van der Waals surface area (Å²) in [6.45, 7) is 0. The third-order valence-corrected chi connectivity index (χ3v) is 7.80. The van der Waals surface area contributed by atoms with Gasteiger partial charge >= 0.3 is 0 Å². The fourth-order valence-electron chi connectivity index (χ4n) is 3.12. The molecule has 0 aromatic heterocycles. The first-order chi connectivity index (χ1) is 16.6. The molecule has 0 radical (unpaired) electrons. The van der Waals surface area contributed by atoms with Crippen molar-refractivity contribution in [1.29, 1.82) is 0 Å². The molecule has 5 N–H and O–H groups in total. The fraction of sp³-hybridized carbons (Fsp3) is 0.0455. The van der Waals surface area contributed by atoms with Gasteiger partial charge in [0.15, 0.2) is 9.84 Å². The second kappa shape index (κ2) is 9.83. The molecular weight excluding hydrogens is 532 g/mol. The number of benzene rings is 3. The van der Waals surface area contributed by atoms with E-state index in [1.165, 1.54) is 60.7 Å². The van der Waals surface area contributed by atoms with Gasteiger partial charge in [0, 0.05) is 23.2 Å². The SMILES string of the molecule is CS(=O)(=O)c1ccc(C(=O)Nc2ccc(C=Cc3ccc(N)cc3S(=O)(=O)O)c(S(=O)(=O)O)c2)cc1. The highest BCUT2D eigenvalue weighted by molar-refractivity contribution is 7.90. The van der Waals surface area contributed by atoms with Crippen LogP contribution in [0.2, 0.25) is 0 Å². The monoisotopic (exact) mass is 552 g/mol. The number of hydrogen-bond donors (Lipinski definition) is 4. The van der Waals surface area contributed by atoms with Gasteiger partial charge in [-0.05, 0) is 59.7 Å². The molecule has 3 rings (SSSR count). The molecule has 0 unspecified atom stereocenters. The predicted octanol–water partition coefficient (Wildman–Crippen LogP) is 2.59. The van der Waals surface area contributed by atoms with E-state index in [1.54, 1.807) is 0 Å². The Balaban J connectivity index is 1.95. The van der Waals surface area contributed by atoms with E-state index in [-0.39, 0.29) is 33.0 Å². The number of hydrogen-bond acceptors (Lipinski definition) is 8. The Morgan fingerprint density at radius 2 is 1.28 bits per heavy atom. The summed E-state index contributed by atoms with van der Waals surface area (Å²) in [6, 6.07) is 12.3. The summed E-state index contributed by atoms with van der Waals surface area (Å²) < 4.78 is 89.4. The van der Waals surface area contributed by atoms with Crippen molar-refractivity contribution >= 4 is 59.5 Å². The highest BCUT2D eigenvalue weighted by Crippen LogP contribution is 2.26. The molecule has 0 aliphatic rings. The number of nitrogens with two attached hydrogens (primary N) is 1. The molecule has 0 aliphatic carbocycles. The summed E-state index contributed by atoms with van der Waals surface area (Å²) in [4.78, 5) is 11.4. The van der Waals surface area contributed by atoms with Gasteiger partial charge in [-0.2, -0.15) is 16.8 Å². The van der Waals surface area contributed by atoms with Crippen LogP contribution in [-0.2, 0) is 30.1 Å². The zero-order chi connectivity index (χ0) is 26.9. The van der Waals surface area contributed by atoms with Gasteiger partial charge in [-0.1, -0.05) is 24.3 Å². The molecule has 0 atom stereocenters. The van der Waals surface area contributed by atoms with Gasteiger partial charge in [0.05, 0.1) is 4.90 Å². The number of rotatable bonds is 7. The summed E-state index contributed by atoms with van der Waals surface area (Å²) >= 11 is 0. The van der Waals surface area contributed by atoms with Crippen molar-refractivity contribution in [3.8, 4) is 0 Å². The molecule has 0 saturated carbocycles. The van der Waals surface area contributed by atoms with Crippen LogP contribution in [0.1, 0.15) is 21.5 Å². The molecule has 1 amide bonds. The molecule has 3 aromatic rings. The molecule has 190 valence electrons. The lowest BCUT2D eigenvalue weighted by Crippen LogP contribution is -2.13. The van der Waals surface area contributed by atoms with Crippen LogP contribution in [0, 0.1) is 0 Å². The smallest absolute Gasteiger partial charge is 0.295 e. The van der Waals surface area contributed by atoms with Crippen molar-refractivity contribution < 1.29 is 39.2 Å². The summed E-state index contributed by atoms with van der Waals surface area (Å²) in [7, 11) is -12.9. The fourth-order valence-corrected chi connectivity index (χ4v) is 5.18. The van der Waals surface area contributed by atoms with E-state index in [0.29, 0.717) is 0 Å². The van der Waals surface area contributed by atoms with Gasteiger partial charge in [0.25, 0.3) is 26.1 Å². The van der Waals surface area contributed by atoms with Gasteiger partial charge in [-0.25, -0.2) is 8.42 Å². The first kappa shape index (κ1) is 27.0. The molecule has 0 heterocycles. The van der Waals surface area contributed by atoms with E-state index in [4.69, 9.17) is 5.73 Å². The number of amides is 1. The first-order valence-electron chi connectivity index (χ1n) is 9.84.